The third-order valence-electron chi connectivity index (χ3n) is 10.4. The number of carbonyl (C=O) groups excluding carboxylic acids is 1. The van der Waals surface area contributed by atoms with Gasteiger partial charge in [-0.1, -0.05) is 24.5 Å². The van der Waals surface area contributed by atoms with Gasteiger partial charge in [0.05, 0.1) is 24.8 Å². The molecular weight excluding hydrogens is 524 g/mol. The van der Waals surface area contributed by atoms with E-state index in [4.69, 9.17) is 14.7 Å². The second-order valence-electron chi connectivity index (χ2n) is 13.2. The van der Waals surface area contributed by atoms with Crippen LogP contribution in [0.1, 0.15) is 86.6 Å². The number of nitrogens with zero attached hydrogens (tertiary/aromatic N) is 3. The molecule has 7 heteroatoms. The molecule has 6 rings (SSSR count). The number of rotatable bonds is 8. The summed E-state index contributed by atoms with van der Waals surface area (Å²) in [5.41, 5.74) is 4.27. The van der Waals surface area contributed by atoms with Crippen molar-refractivity contribution in [2.75, 3.05) is 52.5 Å². The minimum Gasteiger partial charge on any atom is -0.346 e. The van der Waals surface area contributed by atoms with Gasteiger partial charge in [0, 0.05) is 44.2 Å². The Labute approximate surface area is 251 Å². The van der Waals surface area contributed by atoms with Gasteiger partial charge in [-0.25, -0.2) is 0 Å². The highest BCUT2D eigenvalue weighted by atomic mass is 16.7. The lowest BCUT2D eigenvalue weighted by molar-refractivity contribution is -0.218. The SMILES string of the molecule is N#Cc1ccc(C(=O)N2CCC(COC3(OCC4CCNCC4)C=CC4=C(CCN(C5CCCC5)CC4)C3)CC2)cc1. The molecule has 1 amide bonds. The molecule has 1 atom stereocenters. The second-order valence-corrected chi connectivity index (χ2v) is 13.2. The van der Waals surface area contributed by atoms with Crippen LogP contribution in [-0.4, -0.2) is 80.0 Å². The molecule has 1 N–H and O–H groups in total. The number of likely N-dealkylation sites (tertiary alicyclic amines) is 1. The Balaban J connectivity index is 1.06. The Kier molecular flexibility index (Phi) is 9.76. The number of nitriles is 1. The maximum absolute atomic E-state index is 13.0. The standard InChI is InChI=1S/C35H48N4O3/c36-24-27-5-7-31(8-6-27)34(40)39-19-12-29(13-20-39)26-42-35(41-25-28-10-17-37-18-11-28)16-9-30-14-21-38(22-15-32(30)23-35)33-3-1-2-4-33/h5-9,16,28-29,33,37H,1-4,10-15,17-23,25-26H2. The molecule has 5 aliphatic rings. The molecule has 42 heavy (non-hydrogen) atoms. The van der Waals surface area contributed by atoms with Gasteiger partial charge in [0.1, 0.15) is 0 Å². The van der Waals surface area contributed by atoms with E-state index in [1.54, 1.807) is 24.3 Å². The topological polar surface area (TPSA) is 77.8 Å². The molecule has 1 unspecified atom stereocenters. The first-order valence-corrected chi connectivity index (χ1v) is 16.5. The van der Waals surface area contributed by atoms with Crippen LogP contribution < -0.4 is 5.32 Å². The summed E-state index contributed by atoms with van der Waals surface area (Å²) in [7, 11) is 0. The lowest BCUT2D eigenvalue weighted by Crippen LogP contribution is -2.43. The fraction of sp³-hybridized carbons (Fsp3) is 0.657. The predicted octanol–water partition coefficient (Wildman–Crippen LogP) is 5.43. The highest BCUT2D eigenvalue weighted by Crippen LogP contribution is 2.38. The van der Waals surface area contributed by atoms with E-state index in [2.05, 4.69) is 28.4 Å². The minimum atomic E-state index is -0.679. The van der Waals surface area contributed by atoms with Crippen LogP contribution in [0.15, 0.2) is 47.6 Å². The van der Waals surface area contributed by atoms with Crippen molar-refractivity contribution in [1.82, 2.24) is 15.1 Å². The number of ether oxygens (including phenoxy) is 2. The number of piperidine rings is 2. The van der Waals surface area contributed by atoms with E-state index in [-0.39, 0.29) is 5.91 Å². The molecule has 3 fully saturated rings. The Morgan fingerprint density at radius 2 is 1.57 bits per heavy atom. The van der Waals surface area contributed by atoms with E-state index < -0.39 is 5.79 Å². The summed E-state index contributed by atoms with van der Waals surface area (Å²) >= 11 is 0. The Bertz CT molecular complexity index is 1170. The molecule has 1 saturated carbocycles. The first kappa shape index (κ1) is 29.6. The van der Waals surface area contributed by atoms with Gasteiger partial charge in [0.2, 0.25) is 0 Å². The van der Waals surface area contributed by atoms with Crippen LogP contribution in [0.25, 0.3) is 0 Å². The van der Waals surface area contributed by atoms with E-state index in [0.29, 0.717) is 29.6 Å². The van der Waals surface area contributed by atoms with E-state index in [1.165, 1.54) is 43.4 Å². The molecule has 2 saturated heterocycles. The lowest BCUT2D eigenvalue weighted by Gasteiger charge is -2.39. The third kappa shape index (κ3) is 7.17. The van der Waals surface area contributed by atoms with Gasteiger partial charge in [0.25, 0.3) is 5.91 Å². The average Bonchev–Trinajstić information content (AvgIpc) is 3.51. The Morgan fingerprint density at radius 3 is 2.26 bits per heavy atom. The number of allylic oxidation sites excluding steroid dienone is 1. The van der Waals surface area contributed by atoms with Crippen LogP contribution in [-0.2, 0) is 9.47 Å². The van der Waals surface area contributed by atoms with Crippen molar-refractivity contribution in [3.05, 3.63) is 58.7 Å². The summed E-state index contributed by atoms with van der Waals surface area (Å²) in [6.07, 6.45) is 17.4. The number of hydrogen-bond acceptors (Lipinski definition) is 6. The van der Waals surface area contributed by atoms with Crippen molar-refractivity contribution in [2.45, 2.75) is 82.5 Å². The molecular formula is C35H48N4O3. The fourth-order valence-corrected chi connectivity index (χ4v) is 7.59. The zero-order valence-electron chi connectivity index (χ0n) is 25.2. The van der Waals surface area contributed by atoms with Gasteiger partial charge in [-0.15, -0.1) is 0 Å². The van der Waals surface area contributed by atoms with Crippen molar-refractivity contribution in [1.29, 1.82) is 5.26 Å². The average molecular weight is 573 g/mol. The molecule has 3 aliphatic heterocycles. The summed E-state index contributed by atoms with van der Waals surface area (Å²) in [6, 6.07) is 9.86. The van der Waals surface area contributed by atoms with E-state index in [0.717, 1.165) is 90.3 Å². The minimum absolute atomic E-state index is 0.0512. The molecule has 1 aromatic carbocycles. The third-order valence-corrected chi connectivity index (χ3v) is 10.4. The van der Waals surface area contributed by atoms with Crippen LogP contribution in [0.3, 0.4) is 0 Å². The smallest absolute Gasteiger partial charge is 0.253 e. The van der Waals surface area contributed by atoms with Crippen LogP contribution in [0.5, 0.6) is 0 Å². The lowest BCUT2D eigenvalue weighted by atomic mass is 9.89. The van der Waals surface area contributed by atoms with Crippen LogP contribution in [0, 0.1) is 23.2 Å². The van der Waals surface area contributed by atoms with Crippen LogP contribution in [0.4, 0.5) is 0 Å². The monoisotopic (exact) mass is 572 g/mol. The van der Waals surface area contributed by atoms with Crippen LogP contribution >= 0.6 is 0 Å². The molecule has 0 aromatic heterocycles. The zero-order chi connectivity index (χ0) is 28.8. The van der Waals surface area contributed by atoms with Crippen molar-refractivity contribution in [2.24, 2.45) is 11.8 Å². The van der Waals surface area contributed by atoms with Crippen molar-refractivity contribution in [3.63, 3.8) is 0 Å². The molecule has 7 nitrogen and oxygen atoms in total. The van der Waals surface area contributed by atoms with Crippen LogP contribution in [0.2, 0.25) is 0 Å². The van der Waals surface area contributed by atoms with Gasteiger partial charge >= 0.3 is 0 Å². The highest BCUT2D eigenvalue weighted by molar-refractivity contribution is 5.94. The molecule has 0 spiro atoms. The second kappa shape index (κ2) is 13.9. The van der Waals surface area contributed by atoms with Crippen molar-refractivity contribution >= 4 is 5.91 Å². The largest absolute Gasteiger partial charge is 0.346 e. The molecule has 0 bridgehead atoms. The quantitative estimate of drug-likeness (QED) is 0.419. The van der Waals surface area contributed by atoms with Gasteiger partial charge in [-0.05, 0) is 112 Å². The zero-order valence-corrected chi connectivity index (χ0v) is 25.2. The highest BCUT2D eigenvalue weighted by Gasteiger charge is 2.37. The predicted molar refractivity (Wildman–Crippen MR) is 164 cm³/mol. The van der Waals surface area contributed by atoms with Crippen molar-refractivity contribution in [3.8, 4) is 6.07 Å². The number of carbonyl (C=O) groups is 1. The molecule has 3 heterocycles. The summed E-state index contributed by atoms with van der Waals surface area (Å²) < 4.78 is 13.6. The van der Waals surface area contributed by atoms with Gasteiger partial charge < -0.3 is 19.7 Å². The number of benzene rings is 1. The number of hydrogen-bond donors (Lipinski definition) is 1. The Hall–Kier alpha value is -2.50. The summed E-state index contributed by atoms with van der Waals surface area (Å²) in [4.78, 5) is 17.7. The fourth-order valence-electron chi connectivity index (χ4n) is 7.59. The summed E-state index contributed by atoms with van der Waals surface area (Å²) in [5.74, 6) is 0.362. The summed E-state index contributed by atoms with van der Waals surface area (Å²) in [6.45, 7) is 7.36. The van der Waals surface area contributed by atoms with Gasteiger partial charge in [-0.2, -0.15) is 5.26 Å². The number of nitrogens with one attached hydrogen (secondary N) is 1. The van der Waals surface area contributed by atoms with Crippen molar-refractivity contribution < 1.29 is 14.3 Å². The number of amides is 1. The molecule has 226 valence electrons. The van der Waals surface area contributed by atoms with E-state index in [1.807, 2.05) is 4.90 Å². The Morgan fingerprint density at radius 1 is 0.905 bits per heavy atom. The first-order chi connectivity index (χ1) is 20.6. The van der Waals surface area contributed by atoms with E-state index in [9.17, 15) is 4.79 Å². The van der Waals surface area contributed by atoms with E-state index >= 15 is 0 Å². The van der Waals surface area contributed by atoms with Gasteiger partial charge in [-0.3, -0.25) is 9.69 Å². The maximum atomic E-state index is 13.0. The molecule has 0 radical (unpaired) electrons. The molecule has 1 aromatic rings. The maximum Gasteiger partial charge on any atom is 0.253 e. The first-order valence-electron chi connectivity index (χ1n) is 16.5. The normalized spacial score (nSPS) is 26.7. The van der Waals surface area contributed by atoms with Gasteiger partial charge in [0.15, 0.2) is 5.79 Å². The summed E-state index contributed by atoms with van der Waals surface area (Å²) in [5, 5.41) is 12.5. The molecule has 2 aliphatic carbocycles.